The van der Waals surface area contributed by atoms with Crippen LogP contribution in [0.2, 0.25) is 0 Å². The third kappa shape index (κ3) is 3.55. The molecule has 1 aromatic carbocycles. The Morgan fingerprint density at radius 1 is 1.48 bits per heavy atom. The van der Waals surface area contributed by atoms with E-state index < -0.39 is 0 Å². The van der Waals surface area contributed by atoms with Gasteiger partial charge in [0.25, 0.3) is 0 Å². The Kier molecular flexibility index (Phi) is 4.96. The van der Waals surface area contributed by atoms with Gasteiger partial charge in [-0.2, -0.15) is 0 Å². The number of hydrogen-bond donors (Lipinski definition) is 2. The summed E-state index contributed by atoms with van der Waals surface area (Å²) in [7, 11) is 0. The van der Waals surface area contributed by atoms with Gasteiger partial charge in [-0.25, -0.2) is 4.98 Å². The van der Waals surface area contributed by atoms with E-state index in [2.05, 4.69) is 34.0 Å². The number of carbonyl (C=O) groups excluding carboxylic acids is 1. The first-order valence-corrected chi connectivity index (χ1v) is 8.65. The Bertz CT molecular complexity index is 673. The standard InChI is InChI=1S/C18H26N4O/c1-3-22-16-9-5-4-8-15(16)20-18(22)21-17(23)11-13(2)14-7-6-10-19-12-14/h4-5,8-9,13-14,19H,3,6-7,10-12H2,1-2H3,(H,20,21,23). The summed E-state index contributed by atoms with van der Waals surface area (Å²) in [6.45, 7) is 7.18. The Balaban J connectivity index is 1.67. The van der Waals surface area contributed by atoms with Gasteiger partial charge in [-0.15, -0.1) is 0 Å². The third-order valence-electron chi connectivity index (χ3n) is 4.87. The molecule has 2 unspecified atom stereocenters. The van der Waals surface area contributed by atoms with Crippen molar-refractivity contribution >= 4 is 22.9 Å². The zero-order valence-electron chi connectivity index (χ0n) is 14.0. The first-order valence-electron chi connectivity index (χ1n) is 8.65. The van der Waals surface area contributed by atoms with Crippen molar-refractivity contribution < 1.29 is 4.79 Å². The summed E-state index contributed by atoms with van der Waals surface area (Å²) >= 11 is 0. The Hall–Kier alpha value is -1.88. The summed E-state index contributed by atoms with van der Waals surface area (Å²) < 4.78 is 2.06. The van der Waals surface area contributed by atoms with E-state index >= 15 is 0 Å². The normalized spacial score (nSPS) is 19.7. The van der Waals surface area contributed by atoms with Gasteiger partial charge in [-0.3, -0.25) is 10.1 Å². The highest BCUT2D eigenvalue weighted by Gasteiger charge is 2.22. The second-order valence-electron chi connectivity index (χ2n) is 6.50. The van der Waals surface area contributed by atoms with Gasteiger partial charge in [0.15, 0.2) is 0 Å². The van der Waals surface area contributed by atoms with Crippen LogP contribution in [0.25, 0.3) is 11.0 Å². The van der Waals surface area contributed by atoms with E-state index in [1.807, 2.05) is 24.3 Å². The molecule has 124 valence electrons. The quantitative estimate of drug-likeness (QED) is 0.892. The maximum Gasteiger partial charge on any atom is 0.226 e. The van der Waals surface area contributed by atoms with Crippen molar-refractivity contribution in [3.8, 4) is 0 Å². The molecule has 0 bridgehead atoms. The predicted molar refractivity (Wildman–Crippen MR) is 93.4 cm³/mol. The van der Waals surface area contributed by atoms with Crippen LogP contribution in [-0.2, 0) is 11.3 Å². The van der Waals surface area contributed by atoms with Gasteiger partial charge in [0.05, 0.1) is 11.0 Å². The SMILES string of the molecule is CCn1c(NC(=O)CC(C)C2CCCNC2)nc2ccccc21. The zero-order valence-corrected chi connectivity index (χ0v) is 14.0. The number of aryl methyl sites for hydroxylation is 1. The minimum atomic E-state index is 0.0630. The molecule has 2 atom stereocenters. The summed E-state index contributed by atoms with van der Waals surface area (Å²) in [5.41, 5.74) is 1.99. The van der Waals surface area contributed by atoms with Crippen molar-refractivity contribution in [2.24, 2.45) is 11.8 Å². The Morgan fingerprint density at radius 3 is 3.04 bits per heavy atom. The van der Waals surface area contributed by atoms with E-state index in [1.165, 1.54) is 12.8 Å². The van der Waals surface area contributed by atoms with Crippen molar-refractivity contribution in [2.75, 3.05) is 18.4 Å². The number of aromatic nitrogens is 2. The van der Waals surface area contributed by atoms with Gasteiger partial charge in [0, 0.05) is 13.0 Å². The lowest BCUT2D eigenvalue weighted by molar-refractivity contribution is -0.117. The van der Waals surface area contributed by atoms with E-state index in [0.717, 1.165) is 30.7 Å². The van der Waals surface area contributed by atoms with Crippen LogP contribution in [0.5, 0.6) is 0 Å². The van der Waals surface area contributed by atoms with Crippen LogP contribution in [-0.4, -0.2) is 28.5 Å². The molecule has 1 aromatic heterocycles. The van der Waals surface area contributed by atoms with Crippen molar-refractivity contribution in [1.29, 1.82) is 0 Å². The van der Waals surface area contributed by atoms with Crippen molar-refractivity contribution in [2.45, 2.75) is 39.7 Å². The number of amides is 1. The van der Waals surface area contributed by atoms with Gasteiger partial charge >= 0.3 is 0 Å². The van der Waals surface area contributed by atoms with Gasteiger partial charge in [0.1, 0.15) is 0 Å². The fourth-order valence-corrected chi connectivity index (χ4v) is 3.49. The zero-order chi connectivity index (χ0) is 16.2. The minimum absolute atomic E-state index is 0.0630. The molecule has 0 radical (unpaired) electrons. The molecule has 1 saturated heterocycles. The number of nitrogens with one attached hydrogen (secondary N) is 2. The van der Waals surface area contributed by atoms with Crippen LogP contribution >= 0.6 is 0 Å². The van der Waals surface area contributed by atoms with Crippen molar-refractivity contribution in [1.82, 2.24) is 14.9 Å². The highest BCUT2D eigenvalue weighted by atomic mass is 16.1. The van der Waals surface area contributed by atoms with Gasteiger partial charge in [-0.1, -0.05) is 19.1 Å². The number of piperidine rings is 1. The molecule has 2 N–H and O–H groups in total. The lowest BCUT2D eigenvalue weighted by atomic mass is 9.85. The maximum absolute atomic E-state index is 12.4. The molecule has 5 heteroatoms. The number of carbonyl (C=O) groups is 1. The number of imidazole rings is 1. The molecule has 2 heterocycles. The Morgan fingerprint density at radius 2 is 2.30 bits per heavy atom. The second-order valence-corrected chi connectivity index (χ2v) is 6.50. The molecule has 5 nitrogen and oxygen atoms in total. The maximum atomic E-state index is 12.4. The molecule has 0 aliphatic carbocycles. The summed E-state index contributed by atoms with van der Waals surface area (Å²) in [6, 6.07) is 7.99. The van der Waals surface area contributed by atoms with Crippen LogP contribution in [0.1, 0.15) is 33.1 Å². The predicted octanol–water partition coefficient (Wildman–Crippen LogP) is 3.02. The molecule has 0 saturated carbocycles. The highest BCUT2D eigenvalue weighted by molar-refractivity contribution is 5.91. The van der Waals surface area contributed by atoms with E-state index in [0.29, 0.717) is 24.2 Å². The number of rotatable bonds is 5. The van der Waals surface area contributed by atoms with Gasteiger partial charge in [-0.05, 0) is 56.8 Å². The molecule has 1 aliphatic heterocycles. The smallest absolute Gasteiger partial charge is 0.226 e. The number of fused-ring (bicyclic) bond motifs is 1. The molecule has 1 amide bonds. The summed E-state index contributed by atoms with van der Waals surface area (Å²) in [6.07, 6.45) is 2.98. The topological polar surface area (TPSA) is 59.0 Å². The van der Waals surface area contributed by atoms with Crippen LogP contribution in [0.3, 0.4) is 0 Å². The average Bonchev–Trinajstić information content (AvgIpc) is 2.92. The highest BCUT2D eigenvalue weighted by Crippen LogP contribution is 2.24. The summed E-state index contributed by atoms with van der Waals surface area (Å²) in [4.78, 5) is 17.0. The fraction of sp³-hybridized carbons (Fsp3) is 0.556. The summed E-state index contributed by atoms with van der Waals surface area (Å²) in [5, 5.41) is 6.44. The van der Waals surface area contributed by atoms with Crippen molar-refractivity contribution in [3.63, 3.8) is 0 Å². The van der Waals surface area contributed by atoms with E-state index in [4.69, 9.17) is 0 Å². The average molecular weight is 314 g/mol. The number of nitrogens with zero attached hydrogens (tertiary/aromatic N) is 2. The molecule has 0 spiro atoms. The first-order chi connectivity index (χ1) is 11.2. The van der Waals surface area contributed by atoms with Crippen LogP contribution in [0.4, 0.5) is 5.95 Å². The largest absolute Gasteiger partial charge is 0.316 e. The molecule has 1 fully saturated rings. The van der Waals surface area contributed by atoms with E-state index in [9.17, 15) is 4.79 Å². The van der Waals surface area contributed by atoms with E-state index in [1.54, 1.807) is 0 Å². The molecule has 1 aliphatic rings. The molecule has 2 aromatic rings. The van der Waals surface area contributed by atoms with Gasteiger partial charge < -0.3 is 9.88 Å². The van der Waals surface area contributed by atoms with Crippen molar-refractivity contribution in [3.05, 3.63) is 24.3 Å². The Labute approximate surface area is 137 Å². The monoisotopic (exact) mass is 314 g/mol. The lowest BCUT2D eigenvalue weighted by Gasteiger charge is -2.27. The van der Waals surface area contributed by atoms with Crippen LogP contribution in [0, 0.1) is 11.8 Å². The van der Waals surface area contributed by atoms with Crippen LogP contribution in [0.15, 0.2) is 24.3 Å². The number of benzene rings is 1. The molecule has 23 heavy (non-hydrogen) atoms. The molecular formula is C18H26N4O. The summed E-state index contributed by atoms with van der Waals surface area (Å²) in [5.74, 6) is 1.71. The number of para-hydroxylation sites is 2. The second kappa shape index (κ2) is 7.13. The molecular weight excluding hydrogens is 288 g/mol. The number of anilines is 1. The lowest BCUT2D eigenvalue weighted by Crippen LogP contribution is -2.34. The number of hydrogen-bond acceptors (Lipinski definition) is 3. The molecule has 3 rings (SSSR count). The van der Waals surface area contributed by atoms with Crippen LogP contribution < -0.4 is 10.6 Å². The third-order valence-corrected chi connectivity index (χ3v) is 4.87. The van der Waals surface area contributed by atoms with E-state index in [-0.39, 0.29) is 5.91 Å². The van der Waals surface area contributed by atoms with Gasteiger partial charge in [0.2, 0.25) is 11.9 Å². The fourth-order valence-electron chi connectivity index (χ4n) is 3.49. The minimum Gasteiger partial charge on any atom is -0.316 e. The first kappa shape index (κ1) is 16.0.